The first kappa shape index (κ1) is 18.2. The molecule has 0 saturated heterocycles. The predicted octanol–water partition coefficient (Wildman–Crippen LogP) is 1.33. The number of amides is 1. The van der Waals surface area contributed by atoms with Gasteiger partial charge in [-0.1, -0.05) is 16.8 Å². The van der Waals surface area contributed by atoms with Crippen LogP contribution in [0.5, 0.6) is 0 Å². The van der Waals surface area contributed by atoms with Crippen LogP contribution in [0.4, 0.5) is 4.79 Å². The number of esters is 1. The molecule has 0 aliphatic rings. The highest BCUT2D eigenvalue weighted by atomic mass is 35.5. The van der Waals surface area contributed by atoms with Crippen molar-refractivity contribution in [2.75, 3.05) is 20.9 Å². The molecule has 0 aromatic rings. The normalized spacial score (nSPS) is 11.6. The van der Waals surface area contributed by atoms with E-state index in [4.69, 9.17) is 11.6 Å². The zero-order chi connectivity index (χ0) is 15.9. The first-order chi connectivity index (χ1) is 9.05. The lowest BCUT2D eigenvalue weighted by atomic mass is 9.98. The van der Waals surface area contributed by atoms with Gasteiger partial charge in [0.05, 0.1) is 5.41 Å². The van der Waals surface area contributed by atoms with Crippen LogP contribution in [-0.4, -0.2) is 49.0 Å². The average molecular weight is 309 g/mol. The summed E-state index contributed by atoms with van der Waals surface area (Å²) in [6.45, 7) is 4.31. The predicted molar refractivity (Wildman–Crippen MR) is 70.0 cm³/mol. The van der Waals surface area contributed by atoms with Gasteiger partial charge >= 0.3 is 12.1 Å². The third-order valence-corrected chi connectivity index (χ3v) is 1.99. The number of nitrogens with zero attached hydrogens (tertiary/aromatic N) is 2. The van der Waals surface area contributed by atoms with E-state index in [1.807, 2.05) is 0 Å². The highest BCUT2D eigenvalue weighted by molar-refractivity contribution is 6.82. The number of ether oxygens (including phenoxy) is 2. The minimum atomic E-state index is -1.25. The molecule has 0 aliphatic heterocycles. The number of hydrogen-bond acceptors (Lipinski definition) is 7. The lowest BCUT2D eigenvalue weighted by Gasteiger charge is -2.15. The first-order valence-corrected chi connectivity index (χ1v) is 5.89. The molecule has 0 spiro atoms. The van der Waals surface area contributed by atoms with Gasteiger partial charge in [0.1, 0.15) is 0 Å². The van der Waals surface area contributed by atoms with E-state index >= 15 is 0 Å². The van der Waals surface area contributed by atoms with Gasteiger partial charge in [-0.2, -0.15) is 0 Å². The summed E-state index contributed by atoms with van der Waals surface area (Å²) in [5.41, 5.74) is -0.715. The molecular weight excluding hydrogens is 292 g/mol. The fourth-order valence-corrected chi connectivity index (χ4v) is 0.878. The van der Waals surface area contributed by atoms with Crippen LogP contribution in [0.3, 0.4) is 0 Å². The van der Waals surface area contributed by atoms with E-state index in [-0.39, 0.29) is 0 Å². The molecule has 114 valence electrons. The Hall–Kier alpha value is -1.83. The molecule has 1 amide bonds. The Balaban J connectivity index is 4.11. The molecule has 0 aromatic heterocycles. The van der Waals surface area contributed by atoms with Crippen molar-refractivity contribution in [2.24, 2.45) is 10.6 Å². The van der Waals surface area contributed by atoms with E-state index in [2.05, 4.69) is 19.5 Å². The molecule has 0 atom stereocenters. The largest absolute Gasteiger partial charge is 0.538 e. The van der Waals surface area contributed by atoms with Crippen LogP contribution >= 0.6 is 11.6 Å². The summed E-state index contributed by atoms with van der Waals surface area (Å²) in [5, 5.41) is 2.52. The van der Waals surface area contributed by atoms with Crippen LogP contribution in [0.1, 0.15) is 20.8 Å². The van der Waals surface area contributed by atoms with Crippen molar-refractivity contribution in [2.45, 2.75) is 20.8 Å². The summed E-state index contributed by atoms with van der Waals surface area (Å²) >= 11 is 5.46. The van der Waals surface area contributed by atoms with Crippen molar-refractivity contribution in [1.29, 1.82) is 0 Å². The second kappa shape index (κ2) is 7.68. The third kappa shape index (κ3) is 6.93. The maximum Gasteiger partial charge on any atom is 0.538 e. The minimum absolute atomic E-state index is 0.543. The molecule has 0 bridgehead atoms. The Bertz CT molecular complexity index is 414. The summed E-state index contributed by atoms with van der Waals surface area (Å²) in [6.07, 6.45) is -1.25. The summed E-state index contributed by atoms with van der Waals surface area (Å²) in [4.78, 5) is 38.9. The second-order valence-electron chi connectivity index (χ2n) is 4.87. The molecule has 0 rings (SSSR count). The molecule has 0 radical (unpaired) electrons. The lowest BCUT2D eigenvalue weighted by molar-refractivity contribution is -0.162. The number of halogens is 1. The Morgan fingerprint density at radius 2 is 1.70 bits per heavy atom. The van der Waals surface area contributed by atoms with Gasteiger partial charge in [0, 0.05) is 14.1 Å². The Labute approximate surface area is 121 Å². The zero-order valence-electron chi connectivity index (χ0n) is 11.9. The van der Waals surface area contributed by atoms with E-state index in [0.717, 1.165) is 4.90 Å². The van der Waals surface area contributed by atoms with E-state index in [9.17, 15) is 14.4 Å². The average Bonchev–Trinajstić information content (AvgIpc) is 2.33. The highest BCUT2D eigenvalue weighted by Crippen LogP contribution is 2.14. The number of oxime groups is 1. The van der Waals surface area contributed by atoms with E-state index < -0.39 is 35.4 Å². The summed E-state index contributed by atoms with van der Waals surface area (Å²) < 4.78 is 9.05. The maximum absolute atomic E-state index is 11.3. The fraction of sp³-hybridized carbons (Fsp3) is 0.636. The van der Waals surface area contributed by atoms with E-state index in [1.54, 1.807) is 20.8 Å². The van der Waals surface area contributed by atoms with E-state index in [1.165, 1.54) is 14.1 Å². The monoisotopic (exact) mass is 308 g/mol. The second-order valence-corrected chi connectivity index (χ2v) is 5.22. The standard InChI is InChI=1S/C11H17ClN2O6/c1-11(2,3)9(16)18-6-19-10(17)20-13-7(12)8(15)14(4)5/h6H2,1-5H3/b13-7-. The van der Waals surface area contributed by atoms with E-state index in [0.29, 0.717) is 0 Å². The topological polar surface area (TPSA) is 94.5 Å². The van der Waals surface area contributed by atoms with Crippen LogP contribution in [0, 0.1) is 5.41 Å². The number of carbonyl (C=O) groups excluding carboxylic acids is 3. The molecule has 9 heteroatoms. The Kier molecular flexibility index (Phi) is 6.98. The zero-order valence-corrected chi connectivity index (χ0v) is 12.7. The molecule has 0 aromatic carbocycles. The van der Waals surface area contributed by atoms with Gasteiger partial charge in [-0.25, -0.2) is 4.79 Å². The van der Waals surface area contributed by atoms with Crippen molar-refractivity contribution in [3.8, 4) is 0 Å². The van der Waals surface area contributed by atoms with Gasteiger partial charge in [-0.15, -0.1) is 0 Å². The number of rotatable bonds is 4. The van der Waals surface area contributed by atoms with Crippen LogP contribution in [0.25, 0.3) is 0 Å². The van der Waals surface area contributed by atoms with Gasteiger partial charge < -0.3 is 14.4 Å². The molecule has 0 aliphatic carbocycles. The van der Waals surface area contributed by atoms with Crippen LogP contribution in [0.2, 0.25) is 0 Å². The van der Waals surface area contributed by atoms with Crippen molar-refractivity contribution >= 4 is 34.8 Å². The summed E-state index contributed by atoms with van der Waals surface area (Å²) in [6, 6.07) is 0. The quantitative estimate of drug-likeness (QED) is 0.256. The third-order valence-electron chi connectivity index (χ3n) is 1.76. The first-order valence-electron chi connectivity index (χ1n) is 5.52. The SMILES string of the molecule is CN(C)C(=O)/C(Cl)=N/OC(=O)OCOC(=O)C(C)(C)C. The molecule has 20 heavy (non-hydrogen) atoms. The van der Waals surface area contributed by atoms with Crippen LogP contribution < -0.4 is 0 Å². The van der Waals surface area contributed by atoms with Crippen molar-refractivity contribution in [3.63, 3.8) is 0 Å². The van der Waals surface area contributed by atoms with Crippen molar-refractivity contribution in [3.05, 3.63) is 0 Å². The number of carbonyl (C=O) groups is 3. The van der Waals surface area contributed by atoms with Gasteiger partial charge in [0.25, 0.3) is 5.91 Å². The molecule has 0 unspecified atom stereocenters. The molecular formula is C11H17ClN2O6. The molecule has 0 fully saturated rings. The number of hydrogen-bond donors (Lipinski definition) is 0. The van der Waals surface area contributed by atoms with Gasteiger partial charge in [0.2, 0.25) is 12.0 Å². The van der Waals surface area contributed by atoms with Crippen molar-refractivity contribution < 1.29 is 28.7 Å². The molecule has 0 saturated carbocycles. The van der Waals surface area contributed by atoms with Crippen molar-refractivity contribution in [1.82, 2.24) is 4.90 Å². The molecule has 0 N–H and O–H groups in total. The minimum Gasteiger partial charge on any atom is -0.427 e. The Morgan fingerprint density at radius 3 is 2.15 bits per heavy atom. The lowest BCUT2D eigenvalue weighted by Crippen LogP contribution is -2.27. The van der Waals surface area contributed by atoms with Gasteiger partial charge in [0.15, 0.2) is 0 Å². The Morgan fingerprint density at radius 1 is 1.15 bits per heavy atom. The molecule has 0 heterocycles. The summed E-state index contributed by atoms with van der Waals surface area (Å²) in [7, 11) is 2.90. The fourth-order valence-electron chi connectivity index (χ4n) is 0.675. The smallest absolute Gasteiger partial charge is 0.427 e. The highest BCUT2D eigenvalue weighted by Gasteiger charge is 2.23. The van der Waals surface area contributed by atoms with Gasteiger partial charge in [-0.3, -0.25) is 14.4 Å². The maximum atomic E-state index is 11.3. The molecule has 8 nitrogen and oxygen atoms in total. The summed E-state index contributed by atoms with van der Waals surface area (Å²) in [5.74, 6) is -1.19. The van der Waals surface area contributed by atoms with Crippen LogP contribution in [-0.2, 0) is 23.9 Å². The van der Waals surface area contributed by atoms with Gasteiger partial charge in [-0.05, 0) is 20.8 Å². The van der Waals surface area contributed by atoms with Crippen LogP contribution in [0.15, 0.2) is 5.16 Å².